The fourth-order valence-corrected chi connectivity index (χ4v) is 4.99. The van der Waals surface area contributed by atoms with Gasteiger partial charge in [0.05, 0.1) is 17.9 Å². The van der Waals surface area contributed by atoms with Crippen LogP contribution in [0.15, 0.2) is 65.7 Å². The van der Waals surface area contributed by atoms with Crippen LogP contribution in [0, 0.1) is 18.6 Å². The first-order valence-corrected chi connectivity index (χ1v) is 12.0. The molecule has 36 heavy (non-hydrogen) atoms. The van der Waals surface area contributed by atoms with Crippen molar-refractivity contribution in [3.63, 3.8) is 0 Å². The summed E-state index contributed by atoms with van der Waals surface area (Å²) in [5, 5.41) is 2.11. The monoisotopic (exact) mass is 509 g/mol. The number of para-hydroxylation sites is 1. The molecule has 2 amide bonds. The molecule has 184 valence electrons. The molecule has 0 saturated carbocycles. The third kappa shape index (κ3) is 5.03. The number of rotatable bonds is 6. The fraction of sp³-hybridized carbons (Fsp3) is 0.192. The van der Waals surface area contributed by atoms with Gasteiger partial charge in [-0.3, -0.25) is 14.5 Å². The minimum atomic E-state index is -0.889. The number of thioether (sulfide) groups is 1. The smallest absolute Gasteiger partial charge is 0.242 e. The summed E-state index contributed by atoms with van der Waals surface area (Å²) in [6.45, 7) is 2.28. The zero-order chi connectivity index (χ0) is 25.2. The molecule has 5 rings (SSSR count). The van der Waals surface area contributed by atoms with Gasteiger partial charge in [-0.2, -0.15) is 0 Å². The Hall–Kier alpha value is -3.92. The largest absolute Gasteiger partial charge is 0.454 e. The average Bonchev–Trinajstić information content (AvgIpc) is 3.42. The standard InChI is InChI=1S/C26H21F2N3O4S/c1-15-4-2-3-5-19(15)30-26-31(13-16-6-9-21-22(10-16)35-14-34-21)25(33)23(36-26)12-24(32)29-20-8-7-17(27)11-18(20)28/h2-11,23H,12-14H2,1H3,(H,29,32). The number of benzene rings is 3. The minimum absolute atomic E-state index is 0.142. The number of aryl methyl sites for hydroxylation is 1. The van der Waals surface area contributed by atoms with Crippen LogP contribution in [0.25, 0.3) is 0 Å². The van der Waals surface area contributed by atoms with E-state index in [1.807, 2.05) is 43.3 Å². The molecule has 0 spiro atoms. The van der Waals surface area contributed by atoms with Crippen molar-refractivity contribution < 1.29 is 27.8 Å². The average molecular weight is 510 g/mol. The van der Waals surface area contributed by atoms with Crippen molar-refractivity contribution in [2.45, 2.75) is 25.1 Å². The first-order chi connectivity index (χ1) is 17.4. The molecule has 0 bridgehead atoms. The molecule has 1 saturated heterocycles. The SMILES string of the molecule is Cc1ccccc1N=C1SC(CC(=O)Nc2ccc(F)cc2F)C(=O)N1Cc1ccc2c(c1)OCO2. The topological polar surface area (TPSA) is 80.2 Å². The van der Waals surface area contributed by atoms with Gasteiger partial charge in [-0.25, -0.2) is 13.8 Å². The van der Waals surface area contributed by atoms with Crippen LogP contribution in [0.5, 0.6) is 11.5 Å². The summed E-state index contributed by atoms with van der Waals surface area (Å²) < 4.78 is 38.0. The van der Waals surface area contributed by atoms with Gasteiger partial charge in [-0.1, -0.05) is 36.0 Å². The highest BCUT2D eigenvalue weighted by Gasteiger charge is 2.39. The number of fused-ring (bicyclic) bond motifs is 1. The molecule has 10 heteroatoms. The highest BCUT2D eigenvalue weighted by Crippen LogP contribution is 2.36. The van der Waals surface area contributed by atoms with E-state index in [-0.39, 0.29) is 31.4 Å². The molecule has 1 fully saturated rings. The Morgan fingerprint density at radius 3 is 2.72 bits per heavy atom. The maximum absolute atomic E-state index is 14.0. The molecule has 2 aliphatic rings. The molecule has 0 radical (unpaired) electrons. The Balaban J connectivity index is 1.38. The van der Waals surface area contributed by atoms with Crippen LogP contribution in [0.4, 0.5) is 20.2 Å². The number of hydrogen-bond acceptors (Lipinski definition) is 6. The highest BCUT2D eigenvalue weighted by atomic mass is 32.2. The Labute approximate surface area is 210 Å². The Kier molecular flexibility index (Phi) is 6.60. The predicted octanol–water partition coefficient (Wildman–Crippen LogP) is 5.16. The molecular formula is C26H21F2N3O4S. The maximum atomic E-state index is 14.0. The van der Waals surface area contributed by atoms with Crippen molar-refractivity contribution in [1.29, 1.82) is 0 Å². The van der Waals surface area contributed by atoms with Crippen molar-refractivity contribution in [2.75, 3.05) is 12.1 Å². The van der Waals surface area contributed by atoms with Crippen LogP contribution in [0.3, 0.4) is 0 Å². The number of amides is 2. The number of amidine groups is 1. The van der Waals surface area contributed by atoms with E-state index in [0.29, 0.717) is 28.4 Å². The number of carbonyl (C=O) groups is 2. The molecule has 0 aliphatic carbocycles. The van der Waals surface area contributed by atoms with Crippen LogP contribution in [-0.4, -0.2) is 33.9 Å². The third-order valence-corrected chi connectivity index (χ3v) is 6.88. The van der Waals surface area contributed by atoms with Gasteiger partial charge in [0.15, 0.2) is 16.7 Å². The number of anilines is 1. The van der Waals surface area contributed by atoms with Gasteiger partial charge in [-0.15, -0.1) is 0 Å². The molecule has 3 aromatic carbocycles. The van der Waals surface area contributed by atoms with E-state index in [2.05, 4.69) is 5.32 Å². The number of ether oxygens (including phenoxy) is 2. The second-order valence-corrected chi connectivity index (χ2v) is 9.45. The van der Waals surface area contributed by atoms with Crippen LogP contribution < -0.4 is 14.8 Å². The summed E-state index contributed by atoms with van der Waals surface area (Å²) in [6.07, 6.45) is -0.204. The first kappa shape index (κ1) is 23.8. The number of halogens is 2. The quantitative estimate of drug-likeness (QED) is 0.497. The number of nitrogens with one attached hydrogen (secondary N) is 1. The second kappa shape index (κ2) is 9.98. The second-order valence-electron chi connectivity index (χ2n) is 8.28. The van der Waals surface area contributed by atoms with Crippen LogP contribution in [-0.2, 0) is 16.1 Å². The predicted molar refractivity (Wildman–Crippen MR) is 132 cm³/mol. The van der Waals surface area contributed by atoms with Crippen LogP contribution in [0.1, 0.15) is 17.5 Å². The van der Waals surface area contributed by atoms with Crippen LogP contribution >= 0.6 is 11.8 Å². The molecule has 0 aromatic heterocycles. The number of carbonyl (C=O) groups excluding carboxylic acids is 2. The normalized spacial score (nSPS) is 17.6. The molecule has 7 nitrogen and oxygen atoms in total. The summed E-state index contributed by atoms with van der Waals surface area (Å²) in [5.41, 5.74) is 2.31. The Morgan fingerprint density at radius 2 is 1.92 bits per heavy atom. The molecule has 1 N–H and O–H groups in total. The summed E-state index contributed by atoms with van der Waals surface area (Å²) in [7, 11) is 0. The lowest BCUT2D eigenvalue weighted by atomic mass is 10.1. The third-order valence-electron chi connectivity index (χ3n) is 5.71. The van der Waals surface area contributed by atoms with E-state index in [0.717, 1.165) is 23.3 Å². The van der Waals surface area contributed by atoms with Gasteiger partial charge in [0.25, 0.3) is 0 Å². The molecule has 1 atom stereocenters. The van der Waals surface area contributed by atoms with E-state index in [1.165, 1.54) is 16.7 Å². The number of aliphatic imine (C=N–C) groups is 1. The molecule has 3 aromatic rings. The van der Waals surface area contributed by atoms with E-state index < -0.39 is 22.8 Å². The summed E-state index contributed by atoms with van der Waals surface area (Å²) in [4.78, 5) is 32.3. The number of hydrogen-bond donors (Lipinski definition) is 1. The van der Waals surface area contributed by atoms with Crippen molar-refractivity contribution >= 4 is 40.1 Å². The summed E-state index contributed by atoms with van der Waals surface area (Å²) >= 11 is 1.18. The maximum Gasteiger partial charge on any atom is 0.242 e. The van der Waals surface area contributed by atoms with Crippen molar-refractivity contribution in [3.05, 3.63) is 83.4 Å². The lowest BCUT2D eigenvalue weighted by molar-refractivity contribution is -0.128. The van der Waals surface area contributed by atoms with Crippen molar-refractivity contribution in [1.82, 2.24) is 4.90 Å². The molecule has 2 aliphatic heterocycles. The summed E-state index contributed by atoms with van der Waals surface area (Å²) in [6, 6.07) is 15.8. The summed E-state index contributed by atoms with van der Waals surface area (Å²) in [5.74, 6) is -1.26. The van der Waals surface area contributed by atoms with Crippen molar-refractivity contribution in [2.24, 2.45) is 4.99 Å². The fourth-order valence-electron chi connectivity index (χ4n) is 3.84. The lowest BCUT2D eigenvalue weighted by Gasteiger charge is -2.17. The van der Waals surface area contributed by atoms with Crippen molar-refractivity contribution in [3.8, 4) is 11.5 Å². The van der Waals surface area contributed by atoms with E-state index in [9.17, 15) is 18.4 Å². The van der Waals surface area contributed by atoms with Gasteiger partial charge in [0.1, 0.15) is 16.9 Å². The highest BCUT2D eigenvalue weighted by molar-refractivity contribution is 8.15. The van der Waals surface area contributed by atoms with Gasteiger partial charge in [0.2, 0.25) is 18.6 Å². The van der Waals surface area contributed by atoms with Gasteiger partial charge in [0, 0.05) is 12.5 Å². The van der Waals surface area contributed by atoms with E-state index in [4.69, 9.17) is 14.5 Å². The lowest BCUT2D eigenvalue weighted by Crippen LogP contribution is -2.33. The Morgan fingerprint density at radius 1 is 1.11 bits per heavy atom. The Bertz CT molecular complexity index is 1380. The van der Waals surface area contributed by atoms with Gasteiger partial charge < -0.3 is 14.8 Å². The number of nitrogens with zero attached hydrogens (tertiary/aromatic N) is 2. The molecule has 1 unspecified atom stereocenters. The van der Waals surface area contributed by atoms with Gasteiger partial charge in [-0.05, 0) is 48.4 Å². The first-order valence-electron chi connectivity index (χ1n) is 11.1. The van der Waals surface area contributed by atoms with E-state index >= 15 is 0 Å². The zero-order valence-corrected chi connectivity index (χ0v) is 20.0. The molecular weight excluding hydrogens is 488 g/mol. The zero-order valence-electron chi connectivity index (χ0n) is 19.2. The van der Waals surface area contributed by atoms with E-state index in [1.54, 1.807) is 6.07 Å². The van der Waals surface area contributed by atoms with Gasteiger partial charge >= 0.3 is 0 Å². The van der Waals surface area contributed by atoms with Crippen LogP contribution in [0.2, 0.25) is 0 Å². The minimum Gasteiger partial charge on any atom is -0.454 e. The molecule has 2 heterocycles.